The third-order valence-corrected chi connectivity index (χ3v) is 2.99. The normalized spacial score (nSPS) is 12.0. The number of benzene rings is 1. The van der Waals surface area contributed by atoms with Gasteiger partial charge in [0.15, 0.2) is 0 Å². The topological polar surface area (TPSA) is 15.3 Å². The first-order valence-electron chi connectivity index (χ1n) is 5.62. The molecule has 0 amide bonds. The van der Waals surface area contributed by atoms with Crippen LogP contribution in [-0.4, -0.2) is 25.1 Å². The van der Waals surface area contributed by atoms with Crippen LogP contribution in [0.3, 0.4) is 0 Å². The van der Waals surface area contributed by atoms with Gasteiger partial charge >= 0.3 is 0 Å². The van der Waals surface area contributed by atoms with E-state index < -0.39 is 0 Å². The Morgan fingerprint density at radius 2 is 1.88 bits per heavy atom. The first-order chi connectivity index (χ1) is 7.54. The van der Waals surface area contributed by atoms with E-state index in [0.717, 1.165) is 17.0 Å². The van der Waals surface area contributed by atoms with Crippen molar-refractivity contribution < 1.29 is 0 Å². The Kier molecular flexibility index (Phi) is 4.74. The standard InChI is InChI=1S/C13H20N2S/c1-5-10(2)14-13(16)11-6-8-12(9-7-11)15(3)4/h6-10H,5H2,1-4H3,(H,14,16)/t10-/m1/s1. The van der Waals surface area contributed by atoms with Gasteiger partial charge in [0, 0.05) is 31.4 Å². The van der Waals surface area contributed by atoms with Crippen LogP contribution in [0, 0.1) is 0 Å². The Hall–Kier alpha value is -1.09. The SMILES string of the molecule is CC[C@@H](C)NC(=S)c1ccc(N(C)C)cc1. The van der Waals surface area contributed by atoms with Crippen LogP contribution in [0.5, 0.6) is 0 Å². The molecule has 0 saturated heterocycles. The van der Waals surface area contributed by atoms with Crippen molar-refractivity contribution in [3.8, 4) is 0 Å². The summed E-state index contributed by atoms with van der Waals surface area (Å²) in [5.74, 6) is 0. The van der Waals surface area contributed by atoms with Crippen molar-refractivity contribution in [3.05, 3.63) is 29.8 Å². The van der Waals surface area contributed by atoms with Gasteiger partial charge in [-0.3, -0.25) is 0 Å². The summed E-state index contributed by atoms with van der Waals surface area (Å²) in [6.07, 6.45) is 1.08. The Morgan fingerprint density at radius 3 is 2.31 bits per heavy atom. The van der Waals surface area contributed by atoms with Crippen LogP contribution >= 0.6 is 12.2 Å². The van der Waals surface area contributed by atoms with E-state index in [1.807, 2.05) is 14.1 Å². The fourth-order valence-corrected chi connectivity index (χ4v) is 1.66. The first kappa shape index (κ1) is 13.0. The maximum absolute atomic E-state index is 5.35. The molecule has 1 atom stereocenters. The van der Waals surface area contributed by atoms with E-state index in [9.17, 15) is 0 Å². The number of hydrogen-bond acceptors (Lipinski definition) is 2. The van der Waals surface area contributed by atoms with Gasteiger partial charge in [-0.05, 0) is 37.6 Å². The quantitative estimate of drug-likeness (QED) is 0.809. The molecule has 2 nitrogen and oxygen atoms in total. The minimum atomic E-state index is 0.432. The summed E-state index contributed by atoms with van der Waals surface area (Å²) in [5.41, 5.74) is 2.27. The molecule has 0 fully saturated rings. The lowest BCUT2D eigenvalue weighted by Gasteiger charge is -2.16. The number of hydrogen-bond donors (Lipinski definition) is 1. The monoisotopic (exact) mass is 236 g/mol. The van der Waals surface area contributed by atoms with Gasteiger partial charge < -0.3 is 10.2 Å². The van der Waals surface area contributed by atoms with Gasteiger partial charge in [0.05, 0.1) is 0 Å². The Bertz CT molecular complexity index is 343. The van der Waals surface area contributed by atoms with Crippen molar-refractivity contribution in [1.82, 2.24) is 5.32 Å². The van der Waals surface area contributed by atoms with Crippen molar-refractivity contribution in [2.45, 2.75) is 26.3 Å². The maximum Gasteiger partial charge on any atom is 0.106 e. The number of nitrogens with one attached hydrogen (secondary N) is 1. The van der Waals surface area contributed by atoms with Crippen molar-refractivity contribution in [2.75, 3.05) is 19.0 Å². The molecule has 0 saturated carbocycles. The zero-order valence-corrected chi connectivity index (χ0v) is 11.3. The molecule has 0 spiro atoms. The summed E-state index contributed by atoms with van der Waals surface area (Å²) < 4.78 is 0. The molecule has 1 aromatic rings. The van der Waals surface area contributed by atoms with Crippen LogP contribution in [0.15, 0.2) is 24.3 Å². The van der Waals surface area contributed by atoms with Gasteiger partial charge in [0.1, 0.15) is 4.99 Å². The molecule has 0 unspecified atom stereocenters. The van der Waals surface area contributed by atoms with E-state index in [-0.39, 0.29) is 0 Å². The summed E-state index contributed by atoms with van der Waals surface area (Å²) in [5, 5.41) is 3.31. The number of nitrogens with zero attached hydrogens (tertiary/aromatic N) is 1. The zero-order chi connectivity index (χ0) is 12.1. The second-order valence-corrected chi connectivity index (χ2v) is 4.63. The first-order valence-corrected chi connectivity index (χ1v) is 6.03. The van der Waals surface area contributed by atoms with Gasteiger partial charge in [-0.2, -0.15) is 0 Å². The largest absolute Gasteiger partial charge is 0.378 e. The maximum atomic E-state index is 5.35. The van der Waals surface area contributed by atoms with Crippen molar-refractivity contribution in [1.29, 1.82) is 0 Å². The van der Waals surface area contributed by atoms with E-state index in [1.165, 1.54) is 5.69 Å². The molecule has 0 aliphatic heterocycles. The average molecular weight is 236 g/mol. The highest BCUT2D eigenvalue weighted by molar-refractivity contribution is 7.80. The smallest absolute Gasteiger partial charge is 0.106 e. The summed E-state index contributed by atoms with van der Waals surface area (Å²) in [4.78, 5) is 2.91. The Labute approximate surface area is 104 Å². The minimum absolute atomic E-state index is 0.432. The molecule has 0 heterocycles. The molecule has 88 valence electrons. The van der Waals surface area contributed by atoms with Crippen LogP contribution in [0.2, 0.25) is 0 Å². The molecule has 0 bridgehead atoms. The highest BCUT2D eigenvalue weighted by Crippen LogP contribution is 2.12. The summed E-state index contributed by atoms with van der Waals surface area (Å²) in [7, 11) is 4.06. The lowest BCUT2D eigenvalue weighted by molar-refractivity contribution is 0.647. The summed E-state index contributed by atoms with van der Waals surface area (Å²) >= 11 is 5.35. The highest BCUT2D eigenvalue weighted by Gasteiger charge is 2.04. The molecular weight excluding hydrogens is 216 g/mol. The molecule has 16 heavy (non-hydrogen) atoms. The summed E-state index contributed by atoms with van der Waals surface area (Å²) in [6, 6.07) is 8.72. The zero-order valence-electron chi connectivity index (χ0n) is 10.4. The van der Waals surface area contributed by atoms with E-state index in [4.69, 9.17) is 12.2 Å². The molecule has 1 rings (SSSR count). The average Bonchev–Trinajstić information content (AvgIpc) is 2.28. The van der Waals surface area contributed by atoms with E-state index in [2.05, 4.69) is 48.3 Å². The molecule has 0 aliphatic rings. The second-order valence-electron chi connectivity index (χ2n) is 4.22. The molecule has 0 radical (unpaired) electrons. The fourth-order valence-electron chi connectivity index (χ4n) is 1.32. The molecule has 0 aromatic heterocycles. The molecule has 0 aliphatic carbocycles. The molecule has 1 N–H and O–H groups in total. The second kappa shape index (κ2) is 5.85. The van der Waals surface area contributed by atoms with Crippen LogP contribution in [0.4, 0.5) is 5.69 Å². The van der Waals surface area contributed by atoms with E-state index in [0.29, 0.717) is 6.04 Å². The molecular formula is C13H20N2S. The predicted molar refractivity (Wildman–Crippen MR) is 75.4 cm³/mol. The lowest BCUT2D eigenvalue weighted by Crippen LogP contribution is -2.31. The van der Waals surface area contributed by atoms with Gasteiger partial charge in [0.2, 0.25) is 0 Å². The van der Waals surface area contributed by atoms with Gasteiger partial charge in [0.25, 0.3) is 0 Å². The fraction of sp³-hybridized carbons (Fsp3) is 0.462. The lowest BCUT2D eigenvalue weighted by atomic mass is 10.1. The number of thiocarbonyl (C=S) groups is 1. The van der Waals surface area contributed by atoms with Crippen LogP contribution in [0.25, 0.3) is 0 Å². The Morgan fingerprint density at radius 1 is 1.31 bits per heavy atom. The highest BCUT2D eigenvalue weighted by atomic mass is 32.1. The third-order valence-electron chi connectivity index (χ3n) is 2.64. The van der Waals surface area contributed by atoms with Crippen LogP contribution in [-0.2, 0) is 0 Å². The summed E-state index contributed by atoms with van der Waals surface area (Å²) in [6.45, 7) is 4.29. The predicted octanol–water partition coefficient (Wildman–Crippen LogP) is 2.82. The molecule has 3 heteroatoms. The number of anilines is 1. The molecule has 1 aromatic carbocycles. The van der Waals surface area contributed by atoms with Crippen molar-refractivity contribution >= 4 is 22.9 Å². The van der Waals surface area contributed by atoms with Gasteiger partial charge in [-0.1, -0.05) is 19.1 Å². The minimum Gasteiger partial charge on any atom is -0.378 e. The van der Waals surface area contributed by atoms with E-state index in [1.54, 1.807) is 0 Å². The van der Waals surface area contributed by atoms with Crippen LogP contribution < -0.4 is 10.2 Å². The van der Waals surface area contributed by atoms with Gasteiger partial charge in [-0.15, -0.1) is 0 Å². The van der Waals surface area contributed by atoms with E-state index >= 15 is 0 Å². The third kappa shape index (κ3) is 3.49. The van der Waals surface area contributed by atoms with Crippen molar-refractivity contribution in [3.63, 3.8) is 0 Å². The van der Waals surface area contributed by atoms with Gasteiger partial charge in [-0.25, -0.2) is 0 Å². The number of rotatable bonds is 4. The van der Waals surface area contributed by atoms with Crippen molar-refractivity contribution in [2.24, 2.45) is 0 Å². The van der Waals surface area contributed by atoms with Crippen LogP contribution in [0.1, 0.15) is 25.8 Å². The Balaban J connectivity index is 2.70.